The van der Waals surface area contributed by atoms with Crippen LogP contribution >= 0.6 is 24.0 Å². The number of rotatable bonds is 3. The smallest absolute Gasteiger partial charge is 0.239 e. The van der Waals surface area contributed by atoms with E-state index >= 15 is 0 Å². The van der Waals surface area contributed by atoms with Crippen LogP contribution in [0.5, 0.6) is 0 Å². The first-order valence-electron chi connectivity index (χ1n) is 8.09. The number of amides is 1. The lowest BCUT2D eigenvalue weighted by Gasteiger charge is -2.39. The SMILES string of the molecule is C#CCNC(=NC)N1CCN(C(C)C(=O)N2CCCC2)CC1.I. The third-order valence-corrected chi connectivity index (χ3v) is 4.50. The molecule has 6 nitrogen and oxygen atoms in total. The minimum atomic E-state index is -0.0269. The Morgan fingerprint density at radius 3 is 2.30 bits per heavy atom. The minimum absolute atomic E-state index is 0. The highest BCUT2D eigenvalue weighted by atomic mass is 127. The van der Waals surface area contributed by atoms with Gasteiger partial charge in [0, 0.05) is 46.3 Å². The zero-order chi connectivity index (χ0) is 15.9. The topological polar surface area (TPSA) is 51.2 Å². The maximum Gasteiger partial charge on any atom is 0.239 e. The summed E-state index contributed by atoms with van der Waals surface area (Å²) in [5.74, 6) is 3.69. The summed E-state index contributed by atoms with van der Waals surface area (Å²) in [6, 6.07) is -0.0269. The lowest BCUT2D eigenvalue weighted by molar-refractivity contribution is -0.135. The largest absolute Gasteiger partial charge is 0.345 e. The fourth-order valence-corrected chi connectivity index (χ4v) is 3.14. The average molecular weight is 433 g/mol. The van der Waals surface area contributed by atoms with Gasteiger partial charge in [0.15, 0.2) is 5.96 Å². The summed E-state index contributed by atoms with van der Waals surface area (Å²) in [4.78, 5) is 23.2. The van der Waals surface area contributed by atoms with Crippen LogP contribution in [0, 0.1) is 12.3 Å². The predicted octanol–water partition coefficient (Wildman–Crippen LogP) is 0.442. The van der Waals surface area contributed by atoms with Crippen LogP contribution in [-0.4, -0.2) is 85.5 Å². The molecule has 1 unspecified atom stereocenters. The van der Waals surface area contributed by atoms with E-state index in [1.807, 2.05) is 11.8 Å². The molecule has 0 radical (unpaired) electrons. The van der Waals surface area contributed by atoms with Crippen molar-refractivity contribution < 1.29 is 4.79 Å². The van der Waals surface area contributed by atoms with Crippen molar-refractivity contribution >= 4 is 35.8 Å². The van der Waals surface area contributed by atoms with Gasteiger partial charge in [-0.3, -0.25) is 14.7 Å². The number of hydrogen-bond donors (Lipinski definition) is 1. The predicted molar refractivity (Wildman–Crippen MR) is 104 cm³/mol. The molecule has 2 fully saturated rings. The van der Waals surface area contributed by atoms with Gasteiger partial charge in [-0.2, -0.15) is 0 Å². The first-order chi connectivity index (χ1) is 10.7. The molecule has 1 atom stereocenters. The average Bonchev–Trinajstić information content (AvgIpc) is 3.09. The zero-order valence-electron chi connectivity index (χ0n) is 14.1. The molecule has 2 aliphatic heterocycles. The van der Waals surface area contributed by atoms with E-state index in [4.69, 9.17) is 6.42 Å². The van der Waals surface area contributed by atoms with E-state index in [-0.39, 0.29) is 35.9 Å². The molecule has 2 heterocycles. The molecule has 1 amide bonds. The second-order valence-corrected chi connectivity index (χ2v) is 5.84. The molecule has 2 aliphatic rings. The first-order valence-corrected chi connectivity index (χ1v) is 8.09. The summed E-state index contributed by atoms with van der Waals surface area (Å²) in [5.41, 5.74) is 0. The third kappa shape index (κ3) is 5.24. The number of terminal acetylenes is 1. The molecular weight excluding hydrogens is 405 g/mol. The van der Waals surface area contributed by atoms with Crippen molar-refractivity contribution in [1.82, 2.24) is 20.0 Å². The molecular formula is C16H28IN5O. The normalized spacial score (nSPS) is 20.7. The molecule has 0 bridgehead atoms. The second kappa shape index (κ2) is 9.98. The number of carbonyl (C=O) groups excluding carboxylic acids is 1. The van der Waals surface area contributed by atoms with Crippen molar-refractivity contribution in [3.63, 3.8) is 0 Å². The summed E-state index contributed by atoms with van der Waals surface area (Å²) in [7, 11) is 1.77. The fraction of sp³-hybridized carbons (Fsp3) is 0.750. The zero-order valence-corrected chi connectivity index (χ0v) is 16.5. The number of aliphatic imine (C=N–C) groups is 1. The molecule has 23 heavy (non-hydrogen) atoms. The number of hydrogen-bond acceptors (Lipinski definition) is 3. The summed E-state index contributed by atoms with van der Waals surface area (Å²) in [5, 5.41) is 3.15. The number of halogens is 1. The van der Waals surface area contributed by atoms with E-state index < -0.39 is 0 Å². The van der Waals surface area contributed by atoms with Gasteiger partial charge in [0.05, 0.1) is 12.6 Å². The van der Waals surface area contributed by atoms with Crippen LogP contribution in [0.15, 0.2) is 4.99 Å². The molecule has 2 saturated heterocycles. The van der Waals surface area contributed by atoms with Gasteiger partial charge in [-0.25, -0.2) is 0 Å². The Hall–Kier alpha value is -1.01. The van der Waals surface area contributed by atoms with E-state index in [1.165, 1.54) is 0 Å². The Kier molecular flexibility index (Phi) is 8.69. The highest BCUT2D eigenvalue weighted by molar-refractivity contribution is 14.0. The van der Waals surface area contributed by atoms with E-state index in [2.05, 4.69) is 26.0 Å². The molecule has 0 aromatic carbocycles. The molecule has 0 aromatic rings. The molecule has 130 valence electrons. The molecule has 0 spiro atoms. The van der Waals surface area contributed by atoms with Crippen LogP contribution in [0.4, 0.5) is 0 Å². The van der Waals surface area contributed by atoms with Crippen molar-refractivity contribution in [2.24, 2.45) is 4.99 Å². The van der Waals surface area contributed by atoms with Crippen molar-refractivity contribution in [2.75, 3.05) is 52.9 Å². The Morgan fingerprint density at radius 2 is 1.78 bits per heavy atom. The number of nitrogens with one attached hydrogen (secondary N) is 1. The van der Waals surface area contributed by atoms with E-state index in [0.29, 0.717) is 6.54 Å². The van der Waals surface area contributed by atoms with Crippen molar-refractivity contribution in [3.05, 3.63) is 0 Å². The van der Waals surface area contributed by atoms with Gasteiger partial charge in [-0.05, 0) is 19.8 Å². The van der Waals surface area contributed by atoms with Crippen LogP contribution in [0.2, 0.25) is 0 Å². The van der Waals surface area contributed by atoms with Gasteiger partial charge in [0.25, 0.3) is 0 Å². The highest BCUT2D eigenvalue weighted by Crippen LogP contribution is 2.13. The molecule has 7 heteroatoms. The third-order valence-electron chi connectivity index (χ3n) is 4.50. The summed E-state index contributed by atoms with van der Waals surface area (Å²) >= 11 is 0. The highest BCUT2D eigenvalue weighted by Gasteiger charge is 2.30. The monoisotopic (exact) mass is 433 g/mol. The van der Waals surface area contributed by atoms with Crippen LogP contribution in [0.1, 0.15) is 19.8 Å². The summed E-state index contributed by atoms with van der Waals surface area (Å²) in [6.07, 6.45) is 7.56. The van der Waals surface area contributed by atoms with Gasteiger partial charge in [0.2, 0.25) is 5.91 Å². The Labute approximate surface area is 156 Å². The number of likely N-dealkylation sites (tertiary alicyclic amines) is 1. The van der Waals surface area contributed by atoms with Crippen LogP contribution < -0.4 is 5.32 Å². The van der Waals surface area contributed by atoms with Gasteiger partial charge in [-0.1, -0.05) is 5.92 Å². The molecule has 2 rings (SSSR count). The van der Waals surface area contributed by atoms with E-state index in [0.717, 1.165) is 58.1 Å². The van der Waals surface area contributed by atoms with Crippen LogP contribution in [-0.2, 0) is 4.79 Å². The van der Waals surface area contributed by atoms with Gasteiger partial charge in [0.1, 0.15) is 0 Å². The molecule has 0 saturated carbocycles. The lowest BCUT2D eigenvalue weighted by Crippen LogP contribution is -2.57. The number of nitrogens with zero attached hydrogens (tertiary/aromatic N) is 4. The number of carbonyl (C=O) groups is 1. The van der Waals surface area contributed by atoms with Gasteiger partial charge < -0.3 is 15.1 Å². The Balaban J connectivity index is 0.00000264. The van der Waals surface area contributed by atoms with Crippen molar-refractivity contribution in [2.45, 2.75) is 25.8 Å². The van der Waals surface area contributed by atoms with Crippen LogP contribution in [0.25, 0.3) is 0 Å². The Morgan fingerprint density at radius 1 is 1.17 bits per heavy atom. The maximum atomic E-state index is 12.5. The maximum absolute atomic E-state index is 12.5. The first kappa shape index (κ1) is 20.0. The molecule has 0 aliphatic carbocycles. The number of guanidine groups is 1. The molecule has 1 N–H and O–H groups in total. The van der Waals surface area contributed by atoms with Crippen molar-refractivity contribution in [1.29, 1.82) is 0 Å². The molecule has 0 aromatic heterocycles. The minimum Gasteiger partial charge on any atom is -0.345 e. The van der Waals surface area contributed by atoms with Crippen molar-refractivity contribution in [3.8, 4) is 12.3 Å². The summed E-state index contributed by atoms with van der Waals surface area (Å²) < 4.78 is 0. The van der Waals surface area contributed by atoms with Crippen LogP contribution in [0.3, 0.4) is 0 Å². The second-order valence-electron chi connectivity index (χ2n) is 5.84. The van der Waals surface area contributed by atoms with Gasteiger partial charge in [-0.15, -0.1) is 30.4 Å². The van der Waals surface area contributed by atoms with Gasteiger partial charge >= 0.3 is 0 Å². The fourth-order valence-electron chi connectivity index (χ4n) is 3.14. The lowest BCUT2D eigenvalue weighted by atomic mass is 10.2. The number of piperazine rings is 1. The Bertz CT molecular complexity index is 448. The standard InChI is InChI=1S/C16H27N5O.HI/c1-4-7-18-16(17-3)21-12-10-19(11-13-21)14(2)15(22)20-8-5-6-9-20;/h1,14H,5-13H2,2-3H3,(H,17,18);1H. The quantitative estimate of drug-likeness (QED) is 0.304. The van der Waals surface area contributed by atoms with E-state index in [1.54, 1.807) is 7.05 Å². The van der Waals surface area contributed by atoms with E-state index in [9.17, 15) is 4.79 Å². The summed E-state index contributed by atoms with van der Waals surface area (Å²) in [6.45, 7) is 7.83.